The summed E-state index contributed by atoms with van der Waals surface area (Å²) in [6.07, 6.45) is -9.87. The zero-order valence-corrected chi connectivity index (χ0v) is 30.6. The molecule has 10 heteroatoms. The fraction of sp³-hybridized carbons (Fsp3) is 0.233. The van der Waals surface area contributed by atoms with E-state index < -0.39 is 67.2 Å². The van der Waals surface area contributed by atoms with Gasteiger partial charge in [0.1, 0.15) is 18.3 Å². The third kappa shape index (κ3) is 7.12. The number of carbonyl (C=O) groups is 3. The Morgan fingerprint density at radius 3 is 1.36 bits per heavy atom. The second-order valence-electron chi connectivity index (χ2n) is 14.1. The predicted octanol–water partition coefficient (Wildman–Crippen LogP) is 4.73. The molecule has 0 amide bonds. The molecule has 0 unspecified atom stereocenters. The molecule has 9 nitrogen and oxygen atoms in total. The highest BCUT2D eigenvalue weighted by molar-refractivity contribution is 6.99. The summed E-state index contributed by atoms with van der Waals surface area (Å²) in [7, 11) is -3.63. The van der Waals surface area contributed by atoms with E-state index in [1.807, 2.05) is 81.4 Å². The van der Waals surface area contributed by atoms with Crippen molar-refractivity contribution in [1.29, 1.82) is 0 Å². The Morgan fingerprint density at radius 2 is 0.943 bits per heavy atom. The van der Waals surface area contributed by atoms with Gasteiger partial charge in [0, 0.05) is 5.56 Å². The molecule has 272 valence electrons. The van der Waals surface area contributed by atoms with Crippen LogP contribution in [0.2, 0.25) is 5.04 Å². The predicted molar refractivity (Wildman–Crippen MR) is 202 cm³/mol. The number of ketones is 1. The third-order valence-corrected chi connectivity index (χ3v) is 14.8. The van der Waals surface area contributed by atoms with Crippen LogP contribution < -0.4 is 10.4 Å². The summed E-state index contributed by atoms with van der Waals surface area (Å²) in [4.78, 5) is 42.1. The van der Waals surface area contributed by atoms with Crippen LogP contribution in [0, 0.1) is 0 Å². The molecular formula is C43H42O9Si. The van der Waals surface area contributed by atoms with Gasteiger partial charge in [0.15, 0.2) is 17.8 Å². The van der Waals surface area contributed by atoms with E-state index in [-0.39, 0.29) is 16.7 Å². The molecule has 0 saturated heterocycles. The van der Waals surface area contributed by atoms with Crippen molar-refractivity contribution in [2.45, 2.75) is 61.9 Å². The van der Waals surface area contributed by atoms with Crippen LogP contribution >= 0.6 is 0 Å². The Bertz CT molecular complexity index is 1970. The minimum Gasteiger partial charge on any atom is -0.452 e. The Labute approximate surface area is 309 Å². The van der Waals surface area contributed by atoms with Crippen LogP contribution in [0.1, 0.15) is 51.8 Å². The lowest BCUT2D eigenvalue weighted by molar-refractivity contribution is -0.244. The molecule has 1 aliphatic rings. The van der Waals surface area contributed by atoms with Crippen LogP contribution in [-0.4, -0.2) is 77.5 Å². The summed E-state index contributed by atoms with van der Waals surface area (Å²) in [6, 6.07) is 42.3. The third-order valence-electron chi connectivity index (χ3n) is 9.79. The minimum absolute atomic E-state index is 0.0245. The molecular weight excluding hydrogens is 689 g/mol. The highest BCUT2D eigenvalue weighted by atomic mass is 28.4. The highest BCUT2D eigenvalue weighted by Crippen LogP contribution is 2.43. The number of benzene rings is 5. The fourth-order valence-electron chi connectivity index (χ4n) is 7.15. The van der Waals surface area contributed by atoms with Gasteiger partial charge in [-0.3, -0.25) is 4.79 Å². The van der Waals surface area contributed by atoms with Crippen LogP contribution in [0.5, 0.6) is 0 Å². The molecule has 3 N–H and O–H groups in total. The Morgan fingerprint density at radius 1 is 0.566 bits per heavy atom. The first-order valence-electron chi connectivity index (χ1n) is 17.4. The number of ether oxygens (including phenoxy) is 2. The molecule has 0 heterocycles. The van der Waals surface area contributed by atoms with Crippen LogP contribution in [0.4, 0.5) is 0 Å². The lowest BCUT2D eigenvalue weighted by atomic mass is 9.71. The van der Waals surface area contributed by atoms with Gasteiger partial charge < -0.3 is 29.2 Å². The number of aliphatic hydroxyl groups is 3. The van der Waals surface area contributed by atoms with Crippen molar-refractivity contribution >= 4 is 36.4 Å². The summed E-state index contributed by atoms with van der Waals surface area (Å²) in [5.74, 6) is -2.94. The van der Waals surface area contributed by atoms with Crippen molar-refractivity contribution in [3.63, 3.8) is 0 Å². The maximum Gasteiger partial charge on any atom is 0.338 e. The molecule has 53 heavy (non-hydrogen) atoms. The van der Waals surface area contributed by atoms with Crippen molar-refractivity contribution in [1.82, 2.24) is 0 Å². The summed E-state index contributed by atoms with van der Waals surface area (Å²) in [6.45, 7) is 5.96. The average Bonchev–Trinajstić information content (AvgIpc) is 3.19. The molecule has 0 radical (unpaired) electrons. The first-order chi connectivity index (χ1) is 25.4. The van der Waals surface area contributed by atoms with E-state index in [1.165, 1.54) is 36.4 Å². The van der Waals surface area contributed by atoms with Gasteiger partial charge in [-0.1, -0.05) is 148 Å². The zero-order valence-electron chi connectivity index (χ0n) is 29.6. The highest BCUT2D eigenvalue weighted by Gasteiger charge is 2.68. The Balaban J connectivity index is 1.56. The molecule has 5 aromatic carbocycles. The number of hydrogen-bond donors (Lipinski definition) is 3. The van der Waals surface area contributed by atoms with E-state index in [0.29, 0.717) is 0 Å². The average molecular weight is 731 g/mol. The van der Waals surface area contributed by atoms with E-state index in [0.717, 1.165) is 10.4 Å². The zero-order chi connectivity index (χ0) is 37.8. The van der Waals surface area contributed by atoms with Gasteiger partial charge >= 0.3 is 11.9 Å². The maximum absolute atomic E-state index is 14.6. The molecule has 5 aromatic rings. The van der Waals surface area contributed by atoms with Gasteiger partial charge in [-0.2, -0.15) is 0 Å². The summed E-state index contributed by atoms with van der Waals surface area (Å²) < 4.78 is 19.0. The monoisotopic (exact) mass is 730 g/mol. The van der Waals surface area contributed by atoms with Gasteiger partial charge in [-0.15, -0.1) is 0 Å². The molecule has 6 rings (SSSR count). The van der Waals surface area contributed by atoms with Crippen molar-refractivity contribution in [2.75, 3.05) is 0 Å². The number of carbonyl (C=O) groups excluding carboxylic acids is 3. The number of rotatable bonds is 10. The number of esters is 2. The molecule has 0 spiro atoms. The van der Waals surface area contributed by atoms with Gasteiger partial charge in [-0.25, -0.2) is 9.59 Å². The fourth-order valence-corrected chi connectivity index (χ4v) is 11.8. The summed E-state index contributed by atoms with van der Waals surface area (Å²) in [5, 5.41) is 38.6. The lowest BCUT2D eigenvalue weighted by Gasteiger charge is -2.53. The van der Waals surface area contributed by atoms with Crippen LogP contribution in [-0.2, 0) is 13.9 Å². The smallest absolute Gasteiger partial charge is 0.338 e. The summed E-state index contributed by atoms with van der Waals surface area (Å²) in [5.41, 5.74) is -2.86. The summed E-state index contributed by atoms with van der Waals surface area (Å²) >= 11 is 0. The topological polar surface area (TPSA) is 140 Å². The van der Waals surface area contributed by atoms with Crippen LogP contribution in [0.3, 0.4) is 0 Å². The second-order valence-corrected chi connectivity index (χ2v) is 18.4. The van der Waals surface area contributed by atoms with Gasteiger partial charge in [-0.05, 0) is 39.7 Å². The molecule has 1 saturated carbocycles. The Kier molecular flexibility index (Phi) is 10.9. The van der Waals surface area contributed by atoms with Crippen molar-refractivity contribution < 1.29 is 43.6 Å². The number of aliphatic hydroxyl groups excluding tert-OH is 2. The van der Waals surface area contributed by atoms with E-state index in [4.69, 9.17) is 13.9 Å². The molecule has 0 aliphatic heterocycles. The second kappa shape index (κ2) is 15.4. The molecule has 6 atom stereocenters. The van der Waals surface area contributed by atoms with E-state index in [1.54, 1.807) is 54.6 Å². The van der Waals surface area contributed by atoms with E-state index in [2.05, 4.69) is 0 Å². The van der Waals surface area contributed by atoms with Crippen LogP contribution in [0.25, 0.3) is 0 Å². The maximum atomic E-state index is 14.6. The quantitative estimate of drug-likeness (QED) is 0.106. The largest absolute Gasteiger partial charge is 0.452 e. The molecule has 0 aromatic heterocycles. The number of Topliss-reactive ketones (excluding diaryl/α,β-unsaturated/α-hetero) is 1. The molecule has 1 fully saturated rings. The molecule has 0 bridgehead atoms. The van der Waals surface area contributed by atoms with E-state index >= 15 is 0 Å². The first kappa shape index (κ1) is 37.5. The SMILES string of the molecule is CC(C)(C)[Si](O[C@@H]1[C@@H](O)[C@H](OC(=O)c2ccccc2)[C@@H](OC(=O)c2ccccc2)[C@@](O)(C(=O)c2ccccc2)[C@@H]1O)(c1ccccc1)c1ccccc1. The van der Waals surface area contributed by atoms with Gasteiger partial charge in [0.25, 0.3) is 8.32 Å². The van der Waals surface area contributed by atoms with Crippen molar-refractivity contribution in [3.05, 3.63) is 168 Å². The molecule has 1 aliphatic carbocycles. The normalized spacial score (nSPS) is 23.1. The van der Waals surface area contributed by atoms with Crippen molar-refractivity contribution in [3.8, 4) is 0 Å². The first-order valence-corrected chi connectivity index (χ1v) is 19.3. The van der Waals surface area contributed by atoms with Crippen LogP contribution in [0.15, 0.2) is 152 Å². The Hall–Kier alpha value is -5.23. The van der Waals surface area contributed by atoms with Crippen molar-refractivity contribution in [2.24, 2.45) is 0 Å². The number of hydrogen-bond acceptors (Lipinski definition) is 9. The van der Waals surface area contributed by atoms with Gasteiger partial charge in [0.2, 0.25) is 5.78 Å². The van der Waals surface area contributed by atoms with E-state index in [9.17, 15) is 29.7 Å². The standard InChI is InChI=1S/C43H42O9Si/c1-42(2,3)53(32-25-15-7-16-26-32,33-27-17-8-18-28-33)52-35-34(44)36(50-40(47)30-21-11-5-12-22-30)39(51-41(48)31-23-13-6-14-24-31)43(49,38(35)46)37(45)29-19-9-4-10-20-29/h4-28,34-36,38-39,44,46,49H,1-3H3/t34-,35-,36+,38-,39-,43-/m1/s1. The minimum atomic E-state index is -3.63. The van der Waals surface area contributed by atoms with Gasteiger partial charge in [0.05, 0.1) is 11.1 Å². The lowest BCUT2D eigenvalue weighted by Crippen LogP contribution is -2.78.